The maximum absolute atomic E-state index is 4.38. The minimum Gasteiger partial charge on any atom is -0.260 e. The van der Waals surface area contributed by atoms with Gasteiger partial charge in [0.25, 0.3) is 0 Å². The van der Waals surface area contributed by atoms with Crippen molar-refractivity contribution in [2.75, 3.05) is 0 Å². The van der Waals surface area contributed by atoms with E-state index in [1.54, 1.807) is 6.20 Å². The van der Waals surface area contributed by atoms with Crippen molar-refractivity contribution in [2.24, 2.45) is 0 Å². The standard InChI is InChI=1S/C9H8BN2/c1-10-9-6-11-7-4-2-3-5-8(7)12-9/h2-6H,1H3. The Labute approximate surface area is 71.9 Å². The van der Waals surface area contributed by atoms with Crippen molar-refractivity contribution < 1.29 is 0 Å². The van der Waals surface area contributed by atoms with Crippen molar-refractivity contribution in [3.8, 4) is 0 Å². The average Bonchev–Trinajstić information content (AvgIpc) is 2.17. The number of aromatic nitrogens is 2. The van der Waals surface area contributed by atoms with Crippen LogP contribution in [0.4, 0.5) is 0 Å². The Kier molecular flexibility index (Phi) is 1.78. The van der Waals surface area contributed by atoms with E-state index in [-0.39, 0.29) is 0 Å². The van der Waals surface area contributed by atoms with E-state index in [0.29, 0.717) is 0 Å². The van der Waals surface area contributed by atoms with Crippen LogP contribution in [0.1, 0.15) is 0 Å². The summed E-state index contributed by atoms with van der Waals surface area (Å²) in [5.41, 5.74) is 2.82. The second kappa shape index (κ2) is 2.93. The number of hydrogen-bond acceptors (Lipinski definition) is 2. The summed E-state index contributed by atoms with van der Waals surface area (Å²) in [6.07, 6.45) is 1.78. The Morgan fingerprint density at radius 3 is 2.67 bits per heavy atom. The van der Waals surface area contributed by atoms with E-state index in [1.165, 1.54) is 0 Å². The first kappa shape index (κ1) is 7.28. The van der Waals surface area contributed by atoms with Crippen LogP contribution in [0.15, 0.2) is 30.5 Å². The molecule has 1 radical (unpaired) electrons. The fraction of sp³-hybridized carbons (Fsp3) is 0.111. The van der Waals surface area contributed by atoms with Crippen molar-refractivity contribution in [2.45, 2.75) is 6.82 Å². The summed E-state index contributed by atoms with van der Waals surface area (Å²) in [7, 11) is 1.94. The molecule has 1 aromatic heterocycles. The van der Waals surface area contributed by atoms with Gasteiger partial charge in [-0.3, -0.25) is 9.97 Å². The SMILES string of the molecule is C[B]c1cnc2ccccc2n1. The van der Waals surface area contributed by atoms with Gasteiger partial charge in [0.2, 0.25) is 0 Å². The molecule has 12 heavy (non-hydrogen) atoms. The first-order chi connectivity index (χ1) is 5.90. The lowest BCUT2D eigenvalue weighted by Gasteiger charge is -1.97. The molecule has 57 valence electrons. The third kappa shape index (κ3) is 1.18. The maximum atomic E-state index is 4.38. The van der Waals surface area contributed by atoms with Gasteiger partial charge in [-0.2, -0.15) is 0 Å². The zero-order valence-corrected chi connectivity index (χ0v) is 6.86. The van der Waals surface area contributed by atoms with Gasteiger partial charge < -0.3 is 0 Å². The van der Waals surface area contributed by atoms with Crippen LogP contribution in [-0.2, 0) is 0 Å². The summed E-state index contributed by atoms with van der Waals surface area (Å²) in [6.45, 7) is 1.96. The van der Waals surface area contributed by atoms with Crippen molar-refractivity contribution in [3.63, 3.8) is 0 Å². The quantitative estimate of drug-likeness (QED) is 0.574. The molecule has 1 aromatic carbocycles. The van der Waals surface area contributed by atoms with Gasteiger partial charge in [-0.15, -0.1) is 0 Å². The second-order valence-corrected chi connectivity index (χ2v) is 2.57. The van der Waals surface area contributed by atoms with Crippen LogP contribution >= 0.6 is 0 Å². The van der Waals surface area contributed by atoms with Crippen LogP contribution in [0.3, 0.4) is 0 Å². The number of rotatable bonds is 1. The summed E-state index contributed by atoms with van der Waals surface area (Å²) < 4.78 is 0. The molecule has 0 aliphatic rings. The Hall–Kier alpha value is -1.38. The third-order valence-corrected chi connectivity index (χ3v) is 1.76. The van der Waals surface area contributed by atoms with Gasteiger partial charge in [0.05, 0.1) is 11.0 Å². The molecule has 0 atom stereocenters. The summed E-state index contributed by atoms with van der Waals surface area (Å²) in [5.74, 6) is 0. The molecular formula is C9H8BN2. The molecule has 0 saturated heterocycles. The topological polar surface area (TPSA) is 25.8 Å². The van der Waals surface area contributed by atoms with Gasteiger partial charge in [0.1, 0.15) is 0 Å². The first-order valence-electron chi connectivity index (χ1n) is 3.91. The highest BCUT2D eigenvalue weighted by Gasteiger charge is 1.95. The Bertz CT molecular complexity index is 400. The fourth-order valence-electron chi connectivity index (χ4n) is 1.11. The molecule has 3 heteroatoms. The van der Waals surface area contributed by atoms with E-state index in [2.05, 4.69) is 9.97 Å². The molecule has 0 N–H and O–H groups in total. The molecule has 0 aliphatic heterocycles. The minimum absolute atomic E-state index is 0.925. The number of hydrogen-bond donors (Lipinski definition) is 0. The smallest absolute Gasteiger partial charge is 0.176 e. The molecule has 0 unspecified atom stereocenters. The number of benzene rings is 1. The van der Waals surface area contributed by atoms with Crippen molar-refractivity contribution in [3.05, 3.63) is 30.5 Å². The summed E-state index contributed by atoms with van der Waals surface area (Å²) in [6, 6.07) is 7.86. The molecule has 0 spiro atoms. The van der Waals surface area contributed by atoms with E-state index < -0.39 is 0 Å². The summed E-state index contributed by atoms with van der Waals surface area (Å²) >= 11 is 0. The minimum atomic E-state index is 0.925. The van der Waals surface area contributed by atoms with Gasteiger partial charge in [-0.05, 0) is 12.1 Å². The van der Waals surface area contributed by atoms with Crippen LogP contribution in [0.2, 0.25) is 6.82 Å². The zero-order chi connectivity index (χ0) is 8.39. The van der Waals surface area contributed by atoms with Gasteiger partial charge in [-0.1, -0.05) is 19.0 Å². The van der Waals surface area contributed by atoms with E-state index >= 15 is 0 Å². The lowest BCUT2D eigenvalue weighted by atomic mass is 9.78. The van der Waals surface area contributed by atoms with Gasteiger partial charge in [-0.25, -0.2) is 0 Å². The van der Waals surface area contributed by atoms with Crippen molar-refractivity contribution in [1.29, 1.82) is 0 Å². The molecule has 2 rings (SSSR count). The lowest BCUT2D eigenvalue weighted by molar-refractivity contribution is 1.34. The number of para-hydroxylation sites is 2. The zero-order valence-electron chi connectivity index (χ0n) is 6.86. The predicted octanol–water partition coefficient (Wildman–Crippen LogP) is 1.01. The monoisotopic (exact) mass is 155 g/mol. The molecule has 0 fully saturated rings. The van der Waals surface area contributed by atoms with Crippen LogP contribution in [0, 0.1) is 0 Å². The van der Waals surface area contributed by atoms with Crippen LogP contribution in [0.5, 0.6) is 0 Å². The van der Waals surface area contributed by atoms with E-state index in [9.17, 15) is 0 Å². The first-order valence-corrected chi connectivity index (χ1v) is 3.91. The van der Waals surface area contributed by atoms with Gasteiger partial charge >= 0.3 is 0 Å². The highest BCUT2D eigenvalue weighted by Crippen LogP contribution is 2.03. The molecule has 0 bridgehead atoms. The molecule has 2 aromatic rings. The molecule has 2 nitrogen and oxygen atoms in total. The normalized spacial score (nSPS) is 10.1. The van der Waals surface area contributed by atoms with Crippen LogP contribution < -0.4 is 5.59 Å². The van der Waals surface area contributed by atoms with Crippen LogP contribution in [-0.4, -0.2) is 17.2 Å². The van der Waals surface area contributed by atoms with Crippen molar-refractivity contribution >= 4 is 23.9 Å². The number of fused-ring (bicyclic) bond motifs is 1. The van der Waals surface area contributed by atoms with Crippen LogP contribution in [0.25, 0.3) is 11.0 Å². The molecule has 0 amide bonds. The van der Waals surface area contributed by atoms with Gasteiger partial charge in [0, 0.05) is 11.8 Å². The average molecular weight is 155 g/mol. The summed E-state index contributed by atoms with van der Waals surface area (Å²) in [4.78, 5) is 8.63. The second-order valence-electron chi connectivity index (χ2n) is 2.57. The highest BCUT2D eigenvalue weighted by atomic mass is 14.8. The van der Waals surface area contributed by atoms with Crippen molar-refractivity contribution in [1.82, 2.24) is 9.97 Å². The largest absolute Gasteiger partial charge is 0.260 e. The Morgan fingerprint density at radius 1 is 1.17 bits per heavy atom. The molecule has 0 aliphatic carbocycles. The highest BCUT2D eigenvalue weighted by molar-refractivity contribution is 6.50. The molecule has 0 saturated carbocycles. The fourth-order valence-corrected chi connectivity index (χ4v) is 1.11. The predicted molar refractivity (Wildman–Crippen MR) is 50.8 cm³/mol. The van der Waals surface area contributed by atoms with E-state index in [0.717, 1.165) is 16.6 Å². The Balaban J connectivity index is 2.67. The Morgan fingerprint density at radius 2 is 1.92 bits per heavy atom. The summed E-state index contributed by atoms with van der Waals surface area (Å²) in [5, 5.41) is 0. The van der Waals surface area contributed by atoms with E-state index in [1.807, 2.05) is 38.4 Å². The molecule has 1 heterocycles. The van der Waals surface area contributed by atoms with E-state index in [4.69, 9.17) is 0 Å². The lowest BCUT2D eigenvalue weighted by Crippen LogP contribution is -2.15. The van der Waals surface area contributed by atoms with Gasteiger partial charge in [0.15, 0.2) is 7.28 Å². The molecular weight excluding hydrogens is 147 g/mol. The third-order valence-electron chi connectivity index (χ3n) is 1.76. The maximum Gasteiger partial charge on any atom is 0.176 e. The number of nitrogens with zero attached hydrogens (tertiary/aromatic N) is 2.